The van der Waals surface area contributed by atoms with Crippen molar-refractivity contribution in [3.8, 4) is 0 Å². The minimum Gasteiger partial charge on any atom is -0.380 e. The van der Waals surface area contributed by atoms with Gasteiger partial charge in [-0.3, -0.25) is 9.67 Å². The Kier molecular flexibility index (Phi) is 10.1. The fourth-order valence-corrected chi connectivity index (χ4v) is 2.21. The van der Waals surface area contributed by atoms with Crippen LogP contribution in [0.3, 0.4) is 0 Å². The van der Waals surface area contributed by atoms with Gasteiger partial charge in [-0.05, 0) is 23.6 Å². The van der Waals surface area contributed by atoms with Crippen LogP contribution in [0.25, 0.3) is 0 Å². The monoisotopic (exact) mass is 443 g/mol. The van der Waals surface area contributed by atoms with Gasteiger partial charge in [0.25, 0.3) is 0 Å². The molecular weight excluding hydrogens is 417 g/mol. The number of benzene rings is 1. The zero-order valence-corrected chi connectivity index (χ0v) is 16.6. The minimum atomic E-state index is 0. The van der Waals surface area contributed by atoms with Crippen LogP contribution in [-0.4, -0.2) is 36.4 Å². The van der Waals surface area contributed by atoms with Gasteiger partial charge in [0.05, 0.1) is 6.61 Å². The highest BCUT2D eigenvalue weighted by Crippen LogP contribution is 2.05. The first-order valence-corrected chi connectivity index (χ1v) is 7.80. The van der Waals surface area contributed by atoms with Crippen LogP contribution in [0.1, 0.15) is 17.5 Å². The van der Waals surface area contributed by atoms with Crippen molar-refractivity contribution in [2.45, 2.75) is 26.1 Å². The van der Waals surface area contributed by atoms with Crippen molar-refractivity contribution in [3.63, 3.8) is 0 Å². The van der Waals surface area contributed by atoms with Crippen molar-refractivity contribution >= 4 is 29.9 Å². The van der Waals surface area contributed by atoms with E-state index in [-0.39, 0.29) is 24.0 Å². The molecule has 0 unspecified atom stereocenters. The number of nitrogens with one attached hydrogen (secondary N) is 2. The van der Waals surface area contributed by atoms with E-state index in [0.29, 0.717) is 6.61 Å². The Morgan fingerprint density at radius 2 is 1.96 bits per heavy atom. The molecule has 6 nitrogen and oxygen atoms in total. The molecule has 0 saturated heterocycles. The number of hydrogen-bond acceptors (Lipinski definition) is 3. The first-order valence-electron chi connectivity index (χ1n) is 7.80. The van der Waals surface area contributed by atoms with Crippen LogP contribution in [0.15, 0.2) is 47.7 Å². The minimum absolute atomic E-state index is 0. The van der Waals surface area contributed by atoms with Crippen molar-refractivity contribution < 1.29 is 4.74 Å². The second-order valence-corrected chi connectivity index (χ2v) is 5.22. The second-order valence-electron chi connectivity index (χ2n) is 5.22. The van der Waals surface area contributed by atoms with Crippen LogP contribution in [0.5, 0.6) is 0 Å². The van der Waals surface area contributed by atoms with Gasteiger partial charge in [-0.25, -0.2) is 0 Å². The summed E-state index contributed by atoms with van der Waals surface area (Å²) in [5, 5.41) is 10.8. The highest BCUT2D eigenvalue weighted by atomic mass is 127. The van der Waals surface area contributed by atoms with E-state index in [1.54, 1.807) is 20.4 Å². The van der Waals surface area contributed by atoms with Crippen LogP contribution < -0.4 is 10.6 Å². The van der Waals surface area contributed by atoms with Crippen molar-refractivity contribution in [1.82, 2.24) is 20.4 Å². The summed E-state index contributed by atoms with van der Waals surface area (Å²) in [5.74, 6) is 0.812. The third-order valence-corrected chi connectivity index (χ3v) is 3.43. The van der Waals surface area contributed by atoms with E-state index in [2.05, 4.69) is 45.0 Å². The molecule has 132 valence electrons. The number of nitrogens with zero attached hydrogens (tertiary/aromatic N) is 3. The maximum atomic E-state index is 5.11. The number of hydrogen-bond donors (Lipinski definition) is 2. The number of aliphatic imine (C=N–C) groups is 1. The summed E-state index contributed by atoms with van der Waals surface area (Å²) in [6.07, 6.45) is 4.76. The number of ether oxygens (including phenoxy) is 1. The van der Waals surface area contributed by atoms with E-state index in [0.717, 1.165) is 32.0 Å². The first kappa shape index (κ1) is 20.4. The molecule has 0 aliphatic carbocycles. The molecule has 0 aliphatic rings. The zero-order chi connectivity index (χ0) is 16.3. The molecule has 2 N–H and O–H groups in total. The topological polar surface area (TPSA) is 63.5 Å². The summed E-state index contributed by atoms with van der Waals surface area (Å²) in [5.41, 5.74) is 2.39. The van der Waals surface area contributed by atoms with Gasteiger partial charge in [0.2, 0.25) is 0 Å². The van der Waals surface area contributed by atoms with E-state index >= 15 is 0 Å². The van der Waals surface area contributed by atoms with Crippen LogP contribution in [-0.2, 0) is 24.4 Å². The highest BCUT2D eigenvalue weighted by Gasteiger charge is 1.99. The number of aryl methyl sites for hydroxylation is 1. The third kappa shape index (κ3) is 7.31. The molecule has 2 rings (SSSR count). The van der Waals surface area contributed by atoms with Crippen molar-refractivity contribution in [1.29, 1.82) is 0 Å². The Labute approximate surface area is 160 Å². The van der Waals surface area contributed by atoms with E-state index in [1.807, 2.05) is 16.9 Å². The fraction of sp³-hybridized carbons (Fsp3) is 0.412. The summed E-state index contributed by atoms with van der Waals surface area (Å²) in [7, 11) is 3.49. The molecule has 24 heavy (non-hydrogen) atoms. The molecule has 0 spiro atoms. The molecule has 0 fully saturated rings. The summed E-state index contributed by atoms with van der Waals surface area (Å²) in [6, 6.07) is 10.3. The standard InChI is InChI=1S/C17H25N5O.HI/c1-18-17(19-9-3-11-22-12-4-10-21-22)20-13-15-5-7-16(8-6-15)14-23-2;/h4-8,10,12H,3,9,11,13-14H2,1-2H3,(H2,18,19,20);1H. The third-order valence-electron chi connectivity index (χ3n) is 3.43. The van der Waals surface area contributed by atoms with Crippen LogP contribution >= 0.6 is 24.0 Å². The van der Waals surface area contributed by atoms with Gasteiger partial charge >= 0.3 is 0 Å². The first-order chi connectivity index (χ1) is 11.3. The maximum absolute atomic E-state index is 5.11. The van der Waals surface area contributed by atoms with E-state index in [4.69, 9.17) is 4.74 Å². The summed E-state index contributed by atoms with van der Waals surface area (Å²) in [6.45, 7) is 3.14. The molecule has 7 heteroatoms. The van der Waals surface area contributed by atoms with Crippen LogP contribution in [0.2, 0.25) is 0 Å². The van der Waals surface area contributed by atoms with Crippen molar-refractivity contribution in [2.24, 2.45) is 4.99 Å². The van der Waals surface area contributed by atoms with Gasteiger partial charge in [-0.2, -0.15) is 5.10 Å². The Morgan fingerprint density at radius 1 is 1.21 bits per heavy atom. The number of halogens is 1. The molecule has 0 amide bonds. The summed E-state index contributed by atoms with van der Waals surface area (Å²) >= 11 is 0. The Bertz CT molecular complexity index is 584. The quantitative estimate of drug-likeness (QED) is 0.285. The predicted octanol–water partition coefficient (Wildman–Crippen LogP) is 2.40. The molecule has 0 atom stereocenters. The number of guanidine groups is 1. The predicted molar refractivity (Wildman–Crippen MR) is 108 cm³/mol. The van der Waals surface area contributed by atoms with E-state index in [1.165, 1.54) is 11.1 Å². The van der Waals surface area contributed by atoms with Crippen molar-refractivity contribution in [2.75, 3.05) is 20.7 Å². The molecule has 0 bridgehead atoms. The molecule has 0 aliphatic heterocycles. The fourth-order valence-electron chi connectivity index (χ4n) is 2.21. The average Bonchev–Trinajstić information content (AvgIpc) is 3.09. The average molecular weight is 443 g/mol. The largest absolute Gasteiger partial charge is 0.380 e. The van der Waals surface area contributed by atoms with Gasteiger partial charge in [-0.1, -0.05) is 24.3 Å². The molecule has 2 aromatic rings. The SMILES string of the molecule is CN=C(NCCCn1cccn1)NCc1ccc(COC)cc1.I. The summed E-state index contributed by atoms with van der Waals surface area (Å²) < 4.78 is 7.04. The van der Waals surface area contributed by atoms with E-state index < -0.39 is 0 Å². The van der Waals surface area contributed by atoms with Gasteiger partial charge in [0.1, 0.15) is 0 Å². The molecule has 0 saturated carbocycles. The Hall–Kier alpha value is -1.61. The zero-order valence-electron chi connectivity index (χ0n) is 14.2. The van der Waals surface area contributed by atoms with Gasteiger partial charge < -0.3 is 15.4 Å². The Balaban J connectivity index is 0.00000288. The van der Waals surface area contributed by atoms with Gasteiger partial charge in [0, 0.05) is 46.2 Å². The number of rotatable bonds is 8. The second kappa shape index (κ2) is 11.9. The molecule has 1 aromatic carbocycles. The number of methoxy groups -OCH3 is 1. The summed E-state index contributed by atoms with van der Waals surface area (Å²) in [4.78, 5) is 4.24. The lowest BCUT2D eigenvalue weighted by Crippen LogP contribution is -2.37. The van der Waals surface area contributed by atoms with E-state index in [9.17, 15) is 0 Å². The lowest BCUT2D eigenvalue weighted by Gasteiger charge is -2.12. The molecular formula is C17H26IN5O. The number of aromatic nitrogens is 2. The van der Waals surface area contributed by atoms with Gasteiger partial charge in [-0.15, -0.1) is 24.0 Å². The van der Waals surface area contributed by atoms with Gasteiger partial charge in [0.15, 0.2) is 5.96 Å². The lowest BCUT2D eigenvalue weighted by molar-refractivity contribution is 0.185. The Morgan fingerprint density at radius 3 is 2.58 bits per heavy atom. The molecule has 1 heterocycles. The van der Waals surface area contributed by atoms with Crippen LogP contribution in [0, 0.1) is 0 Å². The normalized spacial score (nSPS) is 11.0. The maximum Gasteiger partial charge on any atom is 0.191 e. The van der Waals surface area contributed by atoms with Crippen LogP contribution in [0.4, 0.5) is 0 Å². The molecule has 0 radical (unpaired) electrons. The highest BCUT2D eigenvalue weighted by molar-refractivity contribution is 14.0. The van der Waals surface area contributed by atoms with Crippen molar-refractivity contribution in [3.05, 3.63) is 53.9 Å². The smallest absolute Gasteiger partial charge is 0.191 e. The lowest BCUT2D eigenvalue weighted by atomic mass is 10.1. The molecule has 1 aromatic heterocycles.